The van der Waals surface area contributed by atoms with E-state index in [9.17, 15) is 0 Å². The quantitative estimate of drug-likeness (QED) is 0.743. The summed E-state index contributed by atoms with van der Waals surface area (Å²) in [5.74, 6) is 0.850. The summed E-state index contributed by atoms with van der Waals surface area (Å²) in [6.07, 6.45) is 3.34. The number of nitrogens with zero attached hydrogens (tertiary/aromatic N) is 5. The highest BCUT2D eigenvalue weighted by atomic mass is 35.5. The number of fused-ring (bicyclic) bond motifs is 1. The van der Waals surface area contributed by atoms with Crippen molar-refractivity contribution in [1.82, 2.24) is 19.7 Å². The molecule has 0 N–H and O–H groups in total. The molecule has 0 atom stereocenters. The van der Waals surface area contributed by atoms with Gasteiger partial charge in [-0.15, -0.1) is 0 Å². The van der Waals surface area contributed by atoms with Gasteiger partial charge in [-0.25, -0.2) is 9.97 Å². The summed E-state index contributed by atoms with van der Waals surface area (Å²) in [7, 11) is 3.85. The minimum atomic E-state index is 0.681. The Kier molecular flexibility index (Phi) is 3.28. The molecule has 0 fully saturated rings. The van der Waals surface area contributed by atoms with Crippen LogP contribution in [0.5, 0.6) is 0 Å². The largest absolute Gasteiger partial charge is 0.355 e. The maximum atomic E-state index is 6.20. The highest BCUT2D eigenvalue weighted by Gasteiger charge is 2.12. The monoisotopic (exact) mass is 287 g/mol. The summed E-state index contributed by atoms with van der Waals surface area (Å²) >= 11 is 6.20. The predicted octanol–water partition coefficient (Wildman–Crippen LogP) is 2.65. The van der Waals surface area contributed by atoms with Crippen LogP contribution in [0, 0.1) is 0 Å². The molecule has 0 radical (unpaired) electrons. The number of rotatable bonds is 3. The van der Waals surface area contributed by atoms with E-state index in [-0.39, 0.29) is 0 Å². The first-order valence-electron chi connectivity index (χ1n) is 6.24. The molecule has 5 nitrogen and oxygen atoms in total. The van der Waals surface area contributed by atoms with Crippen LogP contribution in [-0.2, 0) is 13.6 Å². The van der Waals surface area contributed by atoms with Gasteiger partial charge in [-0.1, -0.05) is 29.8 Å². The molecule has 3 rings (SSSR count). The molecular formula is C14H14ClN5. The van der Waals surface area contributed by atoms with E-state index in [1.54, 1.807) is 17.2 Å². The minimum absolute atomic E-state index is 0.681. The zero-order chi connectivity index (χ0) is 14.1. The summed E-state index contributed by atoms with van der Waals surface area (Å²) < 4.78 is 1.74. The van der Waals surface area contributed by atoms with Crippen LogP contribution < -0.4 is 4.90 Å². The maximum Gasteiger partial charge on any atom is 0.163 e. The third kappa shape index (κ3) is 2.20. The topological polar surface area (TPSA) is 46.8 Å². The molecule has 102 valence electrons. The number of aryl methyl sites for hydroxylation is 1. The van der Waals surface area contributed by atoms with E-state index in [2.05, 4.69) is 15.1 Å². The number of anilines is 1. The van der Waals surface area contributed by atoms with Crippen molar-refractivity contribution in [3.05, 3.63) is 47.4 Å². The van der Waals surface area contributed by atoms with Crippen molar-refractivity contribution in [1.29, 1.82) is 0 Å². The van der Waals surface area contributed by atoms with Crippen molar-refractivity contribution in [3.63, 3.8) is 0 Å². The second kappa shape index (κ2) is 5.09. The lowest BCUT2D eigenvalue weighted by molar-refractivity contribution is 0.785. The zero-order valence-corrected chi connectivity index (χ0v) is 12.0. The van der Waals surface area contributed by atoms with Gasteiger partial charge in [0.1, 0.15) is 12.1 Å². The second-order valence-electron chi connectivity index (χ2n) is 4.65. The fourth-order valence-corrected chi connectivity index (χ4v) is 2.41. The number of aromatic nitrogens is 4. The van der Waals surface area contributed by atoms with Gasteiger partial charge in [-0.05, 0) is 11.6 Å². The van der Waals surface area contributed by atoms with E-state index < -0.39 is 0 Å². The molecule has 0 aliphatic carbocycles. The van der Waals surface area contributed by atoms with Crippen LogP contribution in [0.1, 0.15) is 5.56 Å². The molecule has 0 saturated heterocycles. The van der Waals surface area contributed by atoms with Crippen molar-refractivity contribution in [2.45, 2.75) is 6.54 Å². The number of hydrogen-bond donors (Lipinski definition) is 0. The lowest BCUT2D eigenvalue weighted by Gasteiger charge is -2.19. The lowest BCUT2D eigenvalue weighted by Crippen LogP contribution is -2.18. The van der Waals surface area contributed by atoms with Gasteiger partial charge in [-0.2, -0.15) is 5.10 Å². The Morgan fingerprint density at radius 2 is 2.05 bits per heavy atom. The first-order chi connectivity index (χ1) is 9.66. The molecule has 6 heteroatoms. The Morgan fingerprint density at radius 3 is 2.85 bits per heavy atom. The number of halogens is 1. The van der Waals surface area contributed by atoms with Crippen LogP contribution in [0.4, 0.5) is 5.82 Å². The fraction of sp³-hybridized carbons (Fsp3) is 0.214. The highest BCUT2D eigenvalue weighted by molar-refractivity contribution is 6.31. The van der Waals surface area contributed by atoms with E-state index in [0.717, 1.165) is 27.4 Å². The van der Waals surface area contributed by atoms with Crippen LogP contribution in [0.2, 0.25) is 5.02 Å². The number of hydrogen-bond acceptors (Lipinski definition) is 4. The predicted molar refractivity (Wildman–Crippen MR) is 79.9 cm³/mol. The number of benzene rings is 1. The molecule has 0 bridgehead atoms. The Hall–Kier alpha value is -2.14. The van der Waals surface area contributed by atoms with Gasteiger partial charge in [-0.3, -0.25) is 4.68 Å². The summed E-state index contributed by atoms with van der Waals surface area (Å²) in [5.41, 5.74) is 1.88. The average Bonchev–Trinajstić information content (AvgIpc) is 2.83. The van der Waals surface area contributed by atoms with Crippen molar-refractivity contribution in [2.24, 2.45) is 7.05 Å². The van der Waals surface area contributed by atoms with E-state index in [4.69, 9.17) is 11.6 Å². The SMILES string of the molecule is CN(Cc1ccccc1Cl)c1ncnc2c1cnn2C. The normalized spacial score (nSPS) is 10.9. The summed E-state index contributed by atoms with van der Waals surface area (Å²) in [4.78, 5) is 10.7. The van der Waals surface area contributed by atoms with Crippen LogP contribution in [0.3, 0.4) is 0 Å². The maximum absolute atomic E-state index is 6.20. The first-order valence-corrected chi connectivity index (χ1v) is 6.62. The summed E-state index contributed by atoms with van der Waals surface area (Å²) in [6.45, 7) is 0.681. The lowest BCUT2D eigenvalue weighted by atomic mass is 10.2. The fourth-order valence-electron chi connectivity index (χ4n) is 2.21. The smallest absolute Gasteiger partial charge is 0.163 e. The first kappa shape index (κ1) is 12.9. The summed E-state index contributed by atoms with van der Waals surface area (Å²) in [6, 6.07) is 7.81. The molecule has 0 saturated carbocycles. The van der Waals surface area contributed by atoms with Gasteiger partial charge in [0, 0.05) is 25.7 Å². The van der Waals surface area contributed by atoms with E-state index in [0.29, 0.717) is 6.54 Å². The van der Waals surface area contributed by atoms with Gasteiger partial charge in [0.25, 0.3) is 0 Å². The van der Waals surface area contributed by atoms with Crippen LogP contribution in [0.15, 0.2) is 36.8 Å². The molecule has 2 aromatic heterocycles. The third-order valence-corrected chi connectivity index (χ3v) is 3.60. The van der Waals surface area contributed by atoms with E-state index in [1.165, 1.54) is 0 Å². The Balaban J connectivity index is 1.97. The Labute approximate surface area is 121 Å². The van der Waals surface area contributed by atoms with Crippen LogP contribution in [-0.4, -0.2) is 26.8 Å². The van der Waals surface area contributed by atoms with E-state index in [1.807, 2.05) is 43.3 Å². The van der Waals surface area contributed by atoms with E-state index >= 15 is 0 Å². The van der Waals surface area contributed by atoms with Crippen LogP contribution in [0.25, 0.3) is 11.0 Å². The van der Waals surface area contributed by atoms with Gasteiger partial charge in [0.2, 0.25) is 0 Å². The van der Waals surface area contributed by atoms with Crippen LogP contribution >= 0.6 is 11.6 Å². The molecule has 0 aliphatic heterocycles. The Morgan fingerprint density at radius 1 is 1.25 bits per heavy atom. The average molecular weight is 288 g/mol. The third-order valence-electron chi connectivity index (χ3n) is 3.24. The molecule has 20 heavy (non-hydrogen) atoms. The Bertz CT molecular complexity index is 752. The molecule has 1 aromatic carbocycles. The molecule has 0 amide bonds. The second-order valence-corrected chi connectivity index (χ2v) is 5.06. The van der Waals surface area contributed by atoms with Gasteiger partial charge in [0.05, 0.1) is 11.6 Å². The van der Waals surface area contributed by atoms with Gasteiger partial charge in [0.15, 0.2) is 5.65 Å². The summed E-state index contributed by atoms with van der Waals surface area (Å²) in [5, 5.41) is 5.92. The zero-order valence-electron chi connectivity index (χ0n) is 11.3. The van der Waals surface area contributed by atoms with Crippen molar-refractivity contribution >= 4 is 28.5 Å². The van der Waals surface area contributed by atoms with Gasteiger partial charge < -0.3 is 4.90 Å². The standard InChI is InChI=1S/C14H14ClN5/c1-19(8-10-5-3-4-6-12(10)15)13-11-7-18-20(2)14(11)17-9-16-13/h3-7,9H,8H2,1-2H3. The molecule has 3 aromatic rings. The highest BCUT2D eigenvalue weighted by Crippen LogP contribution is 2.24. The van der Waals surface area contributed by atoms with Crippen molar-refractivity contribution < 1.29 is 0 Å². The molecule has 0 unspecified atom stereocenters. The molecule has 0 aliphatic rings. The minimum Gasteiger partial charge on any atom is -0.355 e. The molecule has 2 heterocycles. The van der Waals surface area contributed by atoms with Crippen molar-refractivity contribution in [2.75, 3.05) is 11.9 Å². The molecular weight excluding hydrogens is 274 g/mol. The molecule has 0 spiro atoms. The van der Waals surface area contributed by atoms with Gasteiger partial charge >= 0.3 is 0 Å². The van der Waals surface area contributed by atoms with Crippen molar-refractivity contribution in [3.8, 4) is 0 Å².